The third-order valence-corrected chi connectivity index (χ3v) is 3.08. The van der Waals surface area contributed by atoms with Gasteiger partial charge in [-0.3, -0.25) is 19.5 Å². The number of nitrogens with one attached hydrogen (secondary N) is 1. The Morgan fingerprint density at radius 3 is 2.67 bits per heavy atom. The average molecular weight is 318 g/mol. The number of hydrogen-bond donors (Lipinski definition) is 2. The number of ether oxygens (including phenoxy) is 1. The van der Waals surface area contributed by atoms with Crippen molar-refractivity contribution in [1.29, 1.82) is 0 Å². The lowest BCUT2D eigenvalue weighted by Crippen LogP contribution is -2.29. The zero-order valence-corrected chi connectivity index (χ0v) is 11.9. The second kappa shape index (κ2) is 6.99. The maximum Gasteiger partial charge on any atom is 0.270 e. The number of nitrogens with zero attached hydrogens (tertiary/aromatic N) is 1. The number of benzene rings is 1. The minimum absolute atomic E-state index is 0.0820. The fraction of sp³-hybridized carbons (Fsp3) is 0.364. The predicted molar refractivity (Wildman–Crippen MR) is 73.0 cm³/mol. The standard InChI is InChI=1S/C11H14N2O7S/c1-2-20-10-4-3-8(13(15)16)7-9(10)11(14)12-5-6-21(17,18)19/h3-4,7H,2,5-6H2,1H3,(H,12,14)(H,17,18,19). The molecule has 0 saturated heterocycles. The van der Waals surface area contributed by atoms with Crippen molar-refractivity contribution in [3.05, 3.63) is 33.9 Å². The van der Waals surface area contributed by atoms with Crippen LogP contribution < -0.4 is 10.1 Å². The van der Waals surface area contributed by atoms with Crippen LogP contribution in [0.4, 0.5) is 5.69 Å². The van der Waals surface area contributed by atoms with Gasteiger partial charge in [0.25, 0.3) is 21.7 Å². The highest BCUT2D eigenvalue weighted by Crippen LogP contribution is 2.24. The molecule has 116 valence electrons. The molecule has 1 aromatic carbocycles. The molecule has 0 radical (unpaired) electrons. The van der Waals surface area contributed by atoms with Gasteiger partial charge in [0.1, 0.15) is 5.75 Å². The number of nitro groups is 1. The van der Waals surface area contributed by atoms with Gasteiger partial charge in [-0.25, -0.2) is 0 Å². The van der Waals surface area contributed by atoms with Gasteiger partial charge in [-0.2, -0.15) is 8.42 Å². The molecule has 0 spiro atoms. The van der Waals surface area contributed by atoms with E-state index in [2.05, 4.69) is 5.32 Å². The summed E-state index contributed by atoms with van der Waals surface area (Å²) in [7, 11) is -4.20. The van der Waals surface area contributed by atoms with Gasteiger partial charge in [-0.15, -0.1) is 0 Å². The van der Waals surface area contributed by atoms with E-state index in [1.807, 2.05) is 0 Å². The summed E-state index contributed by atoms with van der Waals surface area (Å²) in [5, 5.41) is 13.0. The van der Waals surface area contributed by atoms with E-state index in [-0.39, 0.29) is 30.2 Å². The van der Waals surface area contributed by atoms with Crippen molar-refractivity contribution in [3.63, 3.8) is 0 Å². The van der Waals surface area contributed by atoms with Crippen LogP contribution in [-0.2, 0) is 10.1 Å². The van der Waals surface area contributed by atoms with Crippen LogP contribution in [0, 0.1) is 10.1 Å². The van der Waals surface area contributed by atoms with Gasteiger partial charge in [-0.1, -0.05) is 0 Å². The maximum absolute atomic E-state index is 11.9. The molecule has 0 fully saturated rings. The predicted octanol–water partition coefficient (Wildman–Crippen LogP) is 0.611. The summed E-state index contributed by atoms with van der Waals surface area (Å²) in [6.07, 6.45) is 0. The molecule has 21 heavy (non-hydrogen) atoms. The van der Waals surface area contributed by atoms with Crippen molar-refractivity contribution in [1.82, 2.24) is 5.32 Å². The van der Waals surface area contributed by atoms with Gasteiger partial charge >= 0.3 is 0 Å². The number of rotatable bonds is 7. The van der Waals surface area contributed by atoms with Crippen molar-refractivity contribution < 1.29 is 27.4 Å². The molecular weight excluding hydrogens is 304 g/mol. The molecule has 9 nitrogen and oxygen atoms in total. The molecule has 0 unspecified atom stereocenters. The maximum atomic E-state index is 11.9. The minimum atomic E-state index is -4.20. The number of non-ortho nitro benzene ring substituents is 1. The van der Waals surface area contributed by atoms with Gasteiger partial charge in [0.15, 0.2) is 0 Å². The van der Waals surface area contributed by atoms with E-state index in [1.54, 1.807) is 6.92 Å². The Morgan fingerprint density at radius 2 is 2.14 bits per heavy atom. The molecule has 0 aliphatic heterocycles. The summed E-state index contributed by atoms with van der Waals surface area (Å²) in [5.74, 6) is -1.24. The normalized spacial score (nSPS) is 11.0. The average Bonchev–Trinajstić information content (AvgIpc) is 2.37. The summed E-state index contributed by atoms with van der Waals surface area (Å²) in [4.78, 5) is 22.0. The molecule has 2 N–H and O–H groups in total. The monoisotopic (exact) mass is 318 g/mol. The van der Waals surface area contributed by atoms with E-state index in [0.29, 0.717) is 0 Å². The second-order valence-electron chi connectivity index (χ2n) is 3.91. The van der Waals surface area contributed by atoms with Crippen LogP contribution in [-0.4, -0.2) is 42.7 Å². The Bertz CT molecular complexity index is 642. The molecule has 10 heteroatoms. The summed E-state index contributed by atoms with van der Waals surface area (Å²) < 4.78 is 34.9. The zero-order chi connectivity index (χ0) is 16.0. The summed E-state index contributed by atoms with van der Waals surface area (Å²) in [5.41, 5.74) is -0.375. The minimum Gasteiger partial charge on any atom is -0.493 e. The molecule has 0 aliphatic carbocycles. The fourth-order valence-electron chi connectivity index (χ4n) is 1.48. The first-order valence-corrected chi connectivity index (χ1v) is 7.50. The van der Waals surface area contributed by atoms with Crippen LogP contribution in [0.2, 0.25) is 0 Å². The molecule has 0 aromatic heterocycles. The fourth-order valence-corrected chi connectivity index (χ4v) is 1.84. The quantitative estimate of drug-likeness (QED) is 0.427. The van der Waals surface area contributed by atoms with Gasteiger partial charge in [0.05, 0.1) is 22.8 Å². The number of nitro benzene ring substituents is 1. The highest BCUT2D eigenvalue weighted by molar-refractivity contribution is 7.85. The Morgan fingerprint density at radius 1 is 1.48 bits per heavy atom. The van der Waals surface area contributed by atoms with E-state index in [4.69, 9.17) is 9.29 Å². The van der Waals surface area contributed by atoms with Crippen LogP contribution >= 0.6 is 0 Å². The van der Waals surface area contributed by atoms with E-state index in [9.17, 15) is 23.3 Å². The number of carbonyl (C=O) groups excluding carboxylic acids is 1. The highest BCUT2D eigenvalue weighted by Gasteiger charge is 2.18. The Kier molecular flexibility index (Phi) is 5.61. The van der Waals surface area contributed by atoms with E-state index < -0.39 is 26.7 Å². The van der Waals surface area contributed by atoms with Gasteiger partial charge in [0, 0.05) is 18.7 Å². The number of amides is 1. The van der Waals surface area contributed by atoms with E-state index >= 15 is 0 Å². The lowest BCUT2D eigenvalue weighted by atomic mass is 10.1. The van der Waals surface area contributed by atoms with Gasteiger partial charge < -0.3 is 10.1 Å². The summed E-state index contributed by atoms with van der Waals surface area (Å²) >= 11 is 0. The molecular formula is C11H14N2O7S. The van der Waals surface area contributed by atoms with Crippen molar-refractivity contribution in [2.24, 2.45) is 0 Å². The summed E-state index contributed by atoms with van der Waals surface area (Å²) in [6.45, 7) is 1.61. The topological polar surface area (TPSA) is 136 Å². The van der Waals surface area contributed by atoms with E-state index in [1.165, 1.54) is 12.1 Å². The number of carbonyl (C=O) groups is 1. The van der Waals surface area contributed by atoms with Crippen molar-refractivity contribution in [2.45, 2.75) is 6.92 Å². The first-order valence-electron chi connectivity index (χ1n) is 5.89. The smallest absolute Gasteiger partial charge is 0.270 e. The Labute approximate surface area is 120 Å². The van der Waals surface area contributed by atoms with Crippen LogP contribution in [0.5, 0.6) is 5.75 Å². The SMILES string of the molecule is CCOc1ccc([N+](=O)[O-])cc1C(=O)NCCS(=O)(=O)O. The lowest BCUT2D eigenvalue weighted by molar-refractivity contribution is -0.384. The first-order chi connectivity index (χ1) is 9.74. The van der Waals surface area contributed by atoms with Crippen LogP contribution in [0.3, 0.4) is 0 Å². The molecule has 1 aromatic rings. The van der Waals surface area contributed by atoms with Crippen LogP contribution in [0.1, 0.15) is 17.3 Å². The molecule has 1 rings (SSSR count). The van der Waals surface area contributed by atoms with Crippen molar-refractivity contribution in [3.8, 4) is 5.75 Å². The largest absolute Gasteiger partial charge is 0.493 e. The van der Waals surface area contributed by atoms with Gasteiger partial charge in [-0.05, 0) is 13.0 Å². The molecule has 1 amide bonds. The molecule has 0 aliphatic rings. The Hall–Kier alpha value is -2.20. The van der Waals surface area contributed by atoms with E-state index in [0.717, 1.165) is 6.07 Å². The lowest BCUT2D eigenvalue weighted by Gasteiger charge is -2.10. The molecule has 0 bridgehead atoms. The Balaban J connectivity index is 2.94. The van der Waals surface area contributed by atoms with Crippen molar-refractivity contribution >= 4 is 21.7 Å². The molecule has 0 atom stereocenters. The number of hydrogen-bond acceptors (Lipinski definition) is 6. The van der Waals surface area contributed by atoms with Crippen LogP contribution in [0.25, 0.3) is 0 Å². The second-order valence-corrected chi connectivity index (χ2v) is 5.48. The third kappa shape index (κ3) is 5.36. The zero-order valence-electron chi connectivity index (χ0n) is 11.1. The first kappa shape index (κ1) is 16.9. The van der Waals surface area contributed by atoms with Crippen LogP contribution in [0.15, 0.2) is 18.2 Å². The molecule has 0 saturated carbocycles. The molecule has 0 heterocycles. The van der Waals surface area contributed by atoms with Crippen molar-refractivity contribution in [2.75, 3.05) is 18.9 Å². The highest BCUT2D eigenvalue weighted by atomic mass is 32.2. The third-order valence-electron chi connectivity index (χ3n) is 2.36. The van der Waals surface area contributed by atoms with Gasteiger partial charge in [0.2, 0.25) is 0 Å². The summed E-state index contributed by atoms with van der Waals surface area (Å²) in [6, 6.07) is 3.52.